The maximum absolute atomic E-state index is 5.94. The van der Waals surface area contributed by atoms with E-state index in [4.69, 9.17) is 10.5 Å². The molecule has 2 aliphatic heterocycles. The van der Waals surface area contributed by atoms with Gasteiger partial charge in [-0.3, -0.25) is 0 Å². The number of likely N-dealkylation sites (tertiary alicyclic amines) is 1. The van der Waals surface area contributed by atoms with Crippen LogP contribution in [0.3, 0.4) is 0 Å². The van der Waals surface area contributed by atoms with Crippen LogP contribution < -0.4 is 5.73 Å². The van der Waals surface area contributed by atoms with E-state index in [1.165, 1.54) is 38.8 Å². The van der Waals surface area contributed by atoms with Crippen LogP contribution in [0.5, 0.6) is 0 Å². The van der Waals surface area contributed by atoms with Gasteiger partial charge in [-0.1, -0.05) is 0 Å². The van der Waals surface area contributed by atoms with Crippen molar-refractivity contribution in [3.63, 3.8) is 0 Å². The molecule has 0 aromatic heterocycles. The van der Waals surface area contributed by atoms with Crippen LogP contribution in [0.1, 0.15) is 32.6 Å². The van der Waals surface area contributed by atoms with Gasteiger partial charge >= 0.3 is 0 Å². The summed E-state index contributed by atoms with van der Waals surface area (Å²) in [5.41, 5.74) is 5.94. The summed E-state index contributed by atoms with van der Waals surface area (Å²) in [7, 11) is 0. The molecule has 15 heavy (non-hydrogen) atoms. The van der Waals surface area contributed by atoms with Gasteiger partial charge in [-0.2, -0.15) is 0 Å². The van der Waals surface area contributed by atoms with Crippen LogP contribution in [0.25, 0.3) is 0 Å². The summed E-state index contributed by atoms with van der Waals surface area (Å²) in [4.78, 5) is 2.53. The summed E-state index contributed by atoms with van der Waals surface area (Å²) in [6, 6.07) is 0.349. The quantitative estimate of drug-likeness (QED) is 0.764. The Labute approximate surface area is 93.0 Å². The van der Waals surface area contributed by atoms with Gasteiger partial charge < -0.3 is 15.4 Å². The zero-order chi connectivity index (χ0) is 10.7. The Balaban J connectivity index is 1.71. The van der Waals surface area contributed by atoms with E-state index in [0.717, 1.165) is 13.2 Å². The van der Waals surface area contributed by atoms with E-state index in [9.17, 15) is 0 Å². The molecule has 3 heteroatoms. The monoisotopic (exact) mass is 212 g/mol. The lowest BCUT2D eigenvalue weighted by molar-refractivity contribution is -0.00248. The molecule has 2 heterocycles. The Morgan fingerprint density at radius 1 is 1.40 bits per heavy atom. The van der Waals surface area contributed by atoms with E-state index in [0.29, 0.717) is 18.1 Å². The first-order chi connectivity index (χ1) is 7.25. The number of hydrogen-bond donors (Lipinski definition) is 1. The van der Waals surface area contributed by atoms with Crippen molar-refractivity contribution in [2.45, 2.75) is 44.8 Å². The molecule has 2 N–H and O–H groups in total. The molecule has 3 nitrogen and oxygen atoms in total. The summed E-state index contributed by atoms with van der Waals surface area (Å²) in [5.74, 6) is 0.702. The topological polar surface area (TPSA) is 38.5 Å². The molecule has 0 radical (unpaired) electrons. The van der Waals surface area contributed by atoms with Gasteiger partial charge in [0.05, 0.1) is 6.10 Å². The Morgan fingerprint density at radius 3 is 2.87 bits per heavy atom. The van der Waals surface area contributed by atoms with E-state index in [1.54, 1.807) is 0 Å². The minimum Gasteiger partial charge on any atom is -0.377 e. The minimum absolute atomic E-state index is 0.349. The first-order valence-corrected chi connectivity index (χ1v) is 6.35. The fourth-order valence-corrected chi connectivity index (χ4v) is 2.70. The largest absolute Gasteiger partial charge is 0.377 e. The molecule has 0 aromatic carbocycles. The SMILES string of the molecule is CC(N)C1CCN(CC2CCCCO2)C1. The van der Waals surface area contributed by atoms with Crippen LogP contribution in [-0.2, 0) is 4.74 Å². The summed E-state index contributed by atoms with van der Waals surface area (Å²) in [5, 5.41) is 0. The van der Waals surface area contributed by atoms with Crippen molar-refractivity contribution < 1.29 is 4.74 Å². The van der Waals surface area contributed by atoms with Crippen molar-refractivity contribution >= 4 is 0 Å². The Hall–Kier alpha value is -0.120. The zero-order valence-electron chi connectivity index (χ0n) is 9.82. The fourth-order valence-electron chi connectivity index (χ4n) is 2.70. The van der Waals surface area contributed by atoms with E-state index in [2.05, 4.69) is 11.8 Å². The Bertz CT molecular complexity index is 190. The van der Waals surface area contributed by atoms with Crippen molar-refractivity contribution in [3.8, 4) is 0 Å². The number of nitrogens with zero attached hydrogens (tertiary/aromatic N) is 1. The third-order valence-corrected chi connectivity index (χ3v) is 3.79. The van der Waals surface area contributed by atoms with E-state index in [1.807, 2.05) is 0 Å². The maximum atomic E-state index is 5.94. The average Bonchev–Trinajstić information content (AvgIpc) is 2.68. The van der Waals surface area contributed by atoms with Crippen LogP contribution in [0.15, 0.2) is 0 Å². The summed E-state index contributed by atoms with van der Waals surface area (Å²) < 4.78 is 5.76. The molecule has 0 amide bonds. The van der Waals surface area contributed by atoms with Crippen molar-refractivity contribution in [1.82, 2.24) is 4.90 Å². The van der Waals surface area contributed by atoms with E-state index < -0.39 is 0 Å². The molecule has 88 valence electrons. The lowest BCUT2D eigenvalue weighted by Gasteiger charge is -2.27. The highest BCUT2D eigenvalue weighted by molar-refractivity contribution is 4.82. The predicted octanol–water partition coefficient (Wildman–Crippen LogP) is 1.22. The molecule has 2 aliphatic rings. The summed E-state index contributed by atoms with van der Waals surface area (Å²) >= 11 is 0. The van der Waals surface area contributed by atoms with Gasteiger partial charge in [-0.05, 0) is 45.1 Å². The van der Waals surface area contributed by atoms with E-state index in [-0.39, 0.29) is 0 Å². The van der Waals surface area contributed by atoms with Crippen molar-refractivity contribution in [1.29, 1.82) is 0 Å². The molecule has 0 aromatic rings. The third-order valence-electron chi connectivity index (χ3n) is 3.79. The Kier molecular flexibility index (Phi) is 4.00. The highest BCUT2D eigenvalue weighted by Gasteiger charge is 2.27. The molecule has 2 rings (SSSR count). The lowest BCUT2D eigenvalue weighted by atomic mass is 10.0. The van der Waals surface area contributed by atoms with Crippen LogP contribution in [0, 0.1) is 5.92 Å². The normalized spacial score (nSPS) is 35.6. The molecular weight excluding hydrogens is 188 g/mol. The fraction of sp³-hybridized carbons (Fsp3) is 1.00. The van der Waals surface area contributed by atoms with Crippen LogP contribution in [-0.4, -0.2) is 43.3 Å². The Morgan fingerprint density at radius 2 is 2.27 bits per heavy atom. The van der Waals surface area contributed by atoms with Crippen LogP contribution in [0.2, 0.25) is 0 Å². The van der Waals surface area contributed by atoms with Crippen molar-refractivity contribution in [2.24, 2.45) is 11.7 Å². The number of rotatable bonds is 3. The molecule has 3 unspecified atom stereocenters. The first kappa shape index (κ1) is 11.4. The number of nitrogens with two attached hydrogens (primary N) is 1. The van der Waals surface area contributed by atoms with Gasteiger partial charge in [0.25, 0.3) is 0 Å². The average molecular weight is 212 g/mol. The molecular formula is C12H24N2O. The van der Waals surface area contributed by atoms with Crippen LogP contribution >= 0.6 is 0 Å². The summed E-state index contributed by atoms with van der Waals surface area (Å²) in [6.45, 7) is 6.62. The highest BCUT2D eigenvalue weighted by Crippen LogP contribution is 2.21. The molecule has 2 fully saturated rings. The van der Waals surface area contributed by atoms with Gasteiger partial charge in [-0.15, -0.1) is 0 Å². The molecule has 0 aliphatic carbocycles. The minimum atomic E-state index is 0.349. The first-order valence-electron chi connectivity index (χ1n) is 6.35. The number of hydrogen-bond acceptors (Lipinski definition) is 3. The van der Waals surface area contributed by atoms with E-state index >= 15 is 0 Å². The molecule has 2 saturated heterocycles. The smallest absolute Gasteiger partial charge is 0.0702 e. The maximum Gasteiger partial charge on any atom is 0.0702 e. The molecule has 0 spiro atoms. The second-order valence-corrected chi connectivity index (χ2v) is 5.16. The van der Waals surface area contributed by atoms with Crippen LogP contribution in [0.4, 0.5) is 0 Å². The third kappa shape index (κ3) is 3.16. The van der Waals surface area contributed by atoms with Gasteiger partial charge in [0, 0.05) is 25.7 Å². The van der Waals surface area contributed by atoms with Gasteiger partial charge in [0.1, 0.15) is 0 Å². The van der Waals surface area contributed by atoms with Crippen molar-refractivity contribution in [3.05, 3.63) is 0 Å². The zero-order valence-corrected chi connectivity index (χ0v) is 9.82. The molecule has 3 atom stereocenters. The summed E-state index contributed by atoms with van der Waals surface area (Å²) in [6.07, 6.45) is 5.60. The predicted molar refractivity (Wildman–Crippen MR) is 61.8 cm³/mol. The molecule has 0 saturated carbocycles. The molecule has 0 bridgehead atoms. The van der Waals surface area contributed by atoms with Gasteiger partial charge in [0.2, 0.25) is 0 Å². The second-order valence-electron chi connectivity index (χ2n) is 5.16. The lowest BCUT2D eigenvalue weighted by Crippen LogP contribution is -2.36. The highest BCUT2D eigenvalue weighted by atomic mass is 16.5. The van der Waals surface area contributed by atoms with Gasteiger partial charge in [-0.25, -0.2) is 0 Å². The number of ether oxygens (including phenoxy) is 1. The second kappa shape index (κ2) is 5.28. The van der Waals surface area contributed by atoms with Crippen molar-refractivity contribution in [2.75, 3.05) is 26.2 Å². The standard InChI is InChI=1S/C12H24N2O/c1-10(13)11-5-6-14(8-11)9-12-4-2-3-7-15-12/h10-12H,2-9,13H2,1H3. The van der Waals surface area contributed by atoms with Gasteiger partial charge in [0.15, 0.2) is 0 Å².